The molecule has 0 aromatic heterocycles. The maximum Gasteiger partial charge on any atom is 0.127 e. The highest BCUT2D eigenvalue weighted by Crippen LogP contribution is 2.40. The van der Waals surface area contributed by atoms with Crippen LogP contribution in [0.5, 0.6) is 5.75 Å². The van der Waals surface area contributed by atoms with Gasteiger partial charge in [-0.3, -0.25) is 0 Å². The van der Waals surface area contributed by atoms with Crippen molar-refractivity contribution >= 4 is 15.9 Å². The van der Waals surface area contributed by atoms with E-state index in [2.05, 4.69) is 40.3 Å². The zero-order valence-electron chi connectivity index (χ0n) is 12.3. The summed E-state index contributed by atoms with van der Waals surface area (Å²) in [6.07, 6.45) is 7.93. The Hall–Kier alpha value is -0.540. The van der Waals surface area contributed by atoms with Crippen molar-refractivity contribution in [3.63, 3.8) is 0 Å². The quantitative estimate of drug-likeness (QED) is 0.846. The third-order valence-electron chi connectivity index (χ3n) is 4.65. The van der Waals surface area contributed by atoms with E-state index in [4.69, 9.17) is 4.74 Å². The minimum atomic E-state index is 0.437. The average molecular weight is 338 g/mol. The van der Waals surface area contributed by atoms with Gasteiger partial charge >= 0.3 is 0 Å². The number of nitrogens with one attached hydrogen (secondary N) is 1. The van der Waals surface area contributed by atoms with Crippen molar-refractivity contribution in [2.45, 2.75) is 51.5 Å². The highest BCUT2D eigenvalue weighted by molar-refractivity contribution is 9.10. The van der Waals surface area contributed by atoms with Crippen LogP contribution in [0.15, 0.2) is 16.6 Å². The standard InChI is InChI=1S/C17H24BrNO/c1-2-19-16(9-12-5-3-4-6-12)15-11-14(18)10-13-7-8-20-17(13)15/h10-12,16,19H,2-9H2,1H3. The Morgan fingerprint density at radius 1 is 1.35 bits per heavy atom. The molecule has 0 bridgehead atoms. The number of benzene rings is 1. The SMILES string of the molecule is CCNC(CC1CCCC1)c1cc(Br)cc2c1OCC2. The molecular weight excluding hydrogens is 314 g/mol. The maximum absolute atomic E-state index is 5.92. The Bertz CT molecular complexity index is 468. The number of rotatable bonds is 5. The lowest BCUT2D eigenvalue weighted by Crippen LogP contribution is -2.23. The van der Waals surface area contributed by atoms with Crippen LogP contribution in [0.1, 0.15) is 56.2 Å². The largest absolute Gasteiger partial charge is 0.493 e. The molecule has 1 heterocycles. The number of fused-ring (bicyclic) bond motifs is 1. The van der Waals surface area contributed by atoms with E-state index in [-0.39, 0.29) is 0 Å². The van der Waals surface area contributed by atoms with Crippen LogP contribution < -0.4 is 10.1 Å². The number of halogens is 1. The Morgan fingerprint density at radius 3 is 2.90 bits per heavy atom. The van der Waals surface area contributed by atoms with Gasteiger partial charge in [-0.2, -0.15) is 0 Å². The van der Waals surface area contributed by atoms with E-state index >= 15 is 0 Å². The van der Waals surface area contributed by atoms with Crippen LogP contribution in [0.25, 0.3) is 0 Å². The fraction of sp³-hybridized carbons (Fsp3) is 0.647. The smallest absolute Gasteiger partial charge is 0.127 e. The zero-order valence-corrected chi connectivity index (χ0v) is 13.8. The van der Waals surface area contributed by atoms with Crippen LogP contribution in [0.4, 0.5) is 0 Å². The molecule has 1 aliphatic heterocycles. The van der Waals surface area contributed by atoms with Gasteiger partial charge in [-0.15, -0.1) is 0 Å². The molecule has 20 heavy (non-hydrogen) atoms. The van der Waals surface area contributed by atoms with Crippen molar-refractivity contribution in [2.24, 2.45) is 5.92 Å². The predicted octanol–water partition coefficient (Wildman–Crippen LogP) is 4.61. The minimum absolute atomic E-state index is 0.437. The summed E-state index contributed by atoms with van der Waals surface area (Å²) in [7, 11) is 0. The molecule has 3 heteroatoms. The van der Waals surface area contributed by atoms with Crippen molar-refractivity contribution in [3.05, 3.63) is 27.7 Å². The van der Waals surface area contributed by atoms with Crippen LogP contribution in [0.2, 0.25) is 0 Å². The molecule has 3 rings (SSSR count). The average Bonchev–Trinajstić information content (AvgIpc) is 3.07. The van der Waals surface area contributed by atoms with Gasteiger partial charge < -0.3 is 10.1 Å². The molecule has 0 radical (unpaired) electrons. The van der Waals surface area contributed by atoms with Gasteiger partial charge in [0.05, 0.1) is 6.61 Å². The van der Waals surface area contributed by atoms with Crippen molar-refractivity contribution in [2.75, 3.05) is 13.2 Å². The van der Waals surface area contributed by atoms with E-state index in [9.17, 15) is 0 Å². The lowest BCUT2D eigenvalue weighted by molar-refractivity contribution is 0.339. The summed E-state index contributed by atoms with van der Waals surface area (Å²) in [6, 6.07) is 4.91. The van der Waals surface area contributed by atoms with Gasteiger partial charge in [0.15, 0.2) is 0 Å². The number of ether oxygens (including phenoxy) is 1. The van der Waals surface area contributed by atoms with E-state index in [1.165, 1.54) is 47.7 Å². The molecule has 1 atom stereocenters. The molecule has 1 aromatic rings. The third-order valence-corrected chi connectivity index (χ3v) is 5.10. The summed E-state index contributed by atoms with van der Waals surface area (Å²) >= 11 is 3.66. The minimum Gasteiger partial charge on any atom is -0.493 e. The Kier molecular flexibility index (Phi) is 4.67. The normalized spacial score (nSPS) is 19.9. The van der Waals surface area contributed by atoms with E-state index in [1.807, 2.05) is 0 Å². The molecule has 0 spiro atoms. The van der Waals surface area contributed by atoms with Gasteiger partial charge in [-0.1, -0.05) is 48.5 Å². The molecule has 1 aliphatic carbocycles. The molecule has 1 fully saturated rings. The summed E-state index contributed by atoms with van der Waals surface area (Å²) in [4.78, 5) is 0. The molecule has 2 nitrogen and oxygen atoms in total. The first-order valence-electron chi connectivity index (χ1n) is 7.96. The summed E-state index contributed by atoms with van der Waals surface area (Å²) in [5, 5.41) is 3.68. The van der Waals surface area contributed by atoms with Gasteiger partial charge in [-0.05, 0) is 36.6 Å². The second-order valence-corrected chi connectivity index (χ2v) is 6.99. The first-order chi connectivity index (χ1) is 9.78. The van der Waals surface area contributed by atoms with Crippen LogP contribution in [0, 0.1) is 5.92 Å². The molecule has 0 amide bonds. The predicted molar refractivity (Wildman–Crippen MR) is 86.3 cm³/mol. The first kappa shape index (κ1) is 14.4. The topological polar surface area (TPSA) is 21.3 Å². The fourth-order valence-electron chi connectivity index (χ4n) is 3.70. The van der Waals surface area contributed by atoms with Crippen LogP contribution in [-0.4, -0.2) is 13.2 Å². The highest BCUT2D eigenvalue weighted by atomic mass is 79.9. The van der Waals surface area contributed by atoms with Crippen LogP contribution >= 0.6 is 15.9 Å². The van der Waals surface area contributed by atoms with Crippen molar-refractivity contribution in [1.29, 1.82) is 0 Å². The van der Waals surface area contributed by atoms with Crippen molar-refractivity contribution in [3.8, 4) is 5.75 Å². The van der Waals surface area contributed by atoms with Crippen molar-refractivity contribution < 1.29 is 4.74 Å². The van der Waals surface area contributed by atoms with E-state index in [1.54, 1.807) is 0 Å². The number of hydrogen-bond donors (Lipinski definition) is 1. The maximum atomic E-state index is 5.92. The molecule has 110 valence electrons. The van der Waals surface area contributed by atoms with Gasteiger partial charge in [0.1, 0.15) is 5.75 Å². The summed E-state index contributed by atoms with van der Waals surface area (Å²) < 4.78 is 7.10. The first-order valence-corrected chi connectivity index (χ1v) is 8.75. The number of hydrogen-bond acceptors (Lipinski definition) is 2. The molecule has 1 aromatic carbocycles. The fourth-order valence-corrected chi connectivity index (χ4v) is 4.23. The molecule has 2 aliphatic rings. The van der Waals surface area contributed by atoms with E-state index < -0.39 is 0 Å². The van der Waals surface area contributed by atoms with Gasteiger partial charge in [0, 0.05) is 22.5 Å². The lowest BCUT2D eigenvalue weighted by atomic mass is 9.92. The van der Waals surface area contributed by atoms with Crippen molar-refractivity contribution in [1.82, 2.24) is 5.32 Å². The highest BCUT2D eigenvalue weighted by Gasteiger charge is 2.26. The summed E-state index contributed by atoms with van der Waals surface area (Å²) in [5.41, 5.74) is 2.73. The second-order valence-electron chi connectivity index (χ2n) is 6.08. The Morgan fingerprint density at radius 2 is 2.15 bits per heavy atom. The zero-order chi connectivity index (χ0) is 13.9. The molecule has 1 saturated carbocycles. The van der Waals surface area contributed by atoms with E-state index in [0.717, 1.165) is 31.2 Å². The molecule has 1 N–H and O–H groups in total. The summed E-state index contributed by atoms with van der Waals surface area (Å²) in [6.45, 7) is 4.04. The second kappa shape index (κ2) is 6.48. The van der Waals surface area contributed by atoms with E-state index in [0.29, 0.717) is 6.04 Å². The monoisotopic (exact) mass is 337 g/mol. The Balaban J connectivity index is 1.86. The molecule has 1 unspecified atom stereocenters. The molecular formula is C17H24BrNO. The van der Waals surface area contributed by atoms with Gasteiger partial charge in [0.25, 0.3) is 0 Å². The van der Waals surface area contributed by atoms with Gasteiger partial charge in [-0.25, -0.2) is 0 Å². The third kappa shape index (κ3) is 3.04. The van der Waals surface area contributed by atoms with Crippen LogP contribution in [0.3, 0.4) is 0 Å². The molecule has 0 saturated heterocycles. The van der Waals surface area contributed by atoms with Crippen LogP contribution in [-0.2, 0) is 6.42 Å². The Labute approximate surface area is 130 Å². The van der Waals surface area contributed by atoms with Gasteiger partial charge in [0.2, 0.25) is 0 Å². The lowest BCUT2D eigenvalue weighted by Gasteiger charge is -2.24. The summed E-state index contributed by atoms with van der Waals surface area (Å²) in [5.74, 6) is 2.03.